The Morgan fingerprint density at radius 1 is 1.04 bits per heavy atom. The van der Waals surface area contributed by atoms with Crippen molar-refractivity contribution in [3.63, 3.8) is 0 Å². The first-order valence-electron chi connectivity index (χ1n) is 9.17. The highest BCUT2D eigenvalue weighted by molar-refractivity contribution is 6.23. The van der Waals surface area contributed by atoms with Gasteiger partial charge in [0.15, 0.2) is 0 Å². The van der Waals surface area contributed by atoms with Gasteiger partial charge in [-0.3, -0.25) is 29.4 Å². The quantitative estimate of drug-likeness (QED) is 0.610. The van der Waals surface area contributed by atoms with Gasteiger partial charge in [-0.15, -0.1) is 12.3 Å². The summed E-state index contributed by atoms with van der Waals surface area (Å²) in [5, 5.41) is 2.14. The second kappa shape index (κ2) is 6.75. The van der Waals surface area contributed by atoms with E-state index in [-0.39, 0.29) is 35.6 Å². The maximum absolute atomic E-state index is 14.7. The molecule has 1 atom stereocenters. The standard InChI is InChI=1S/C20H18FN3O4/c1-2-11-5-7-23(8-6-11)16-10-13-12(9-14(16)21)19(27)24(20(13)28)15-3-4-17(25)22-18(15)26/h1,9-11,15H,3-8H2,(H,22,25,26). The van der Waals surface area contributed by atoms with Crippen LogP contribution >= 0.6 is 0 Å². The number of piperidine rings is 2. The van der Waals surface area contributed by atoms with Gasteiger partial charge in [-0.25, -0.2) is 4.39 Å². The van der Waals surface area contributed by atoms with E-state index >= 15 is 0 Å². The molecule has 1 N–H and O–H groups in total. The summed E-state index contributed by atoms with van der Waals surface area (Å²) in [6.07, 6.45) is 6.99. The Labute approximate surface area is 160 Å². The number of benzene rings is 1. The van der Waals surface area contributed by atoms with Crippen molar-refractivity contribution in [3.8, 4) is 12.3 Å². The van der Waals surface area contributed by atoms with Gasteiger partial charge < -0.3 is 4.90 Å². The van der Waals surface area contributed by atoms with E-state index in [1.165, 1.54) is 6.07 Å². The molecular weight excluding hydrogens is 365 g/mol. The number of amides is 4. The van der Waals surface area contributed by atoms with Crippen LogP contribution in [0, 0.1) is 24.1 Å². The lowest BCUT2D eigenvalue weighted by atomic mass is 9.97. The predicted octanol–water partition coefficient (Wildman–Crippen LogP) is 1.08. The van der Waals surface area contributed by atoms with Crippen LogP contribution in [0.2, 0.25) is 0 Å². The summed E-state index contributed by atoms with van der Waals surface area (Å²) in [6.45, 7) is 1.12. The molecular formula is C20H18FN3O4. The number of imide groups is 2. The SMILES string of the molecule is C#CC1CCN(c2cc3c(cc2F)C(=O)N(C2CCC(=O)NC2=O)C3=O)CC1. The van der Waals surface area contributed by atoms with Crippen molar-refractivity contribution in [2.75, 3.05) is 18.0 Å². The fourth-order valence-corrected chi connectivity index (χ4v) is 4.01. The summed E-state index contributed by atoms with van der Waals surface area (Å²) in [4.78, 5) is 51.6. The molecule has 144 valence electrons. The second-order valence-electron chi connectivity index (χ2n) is 7.22. The van der Waals surface area contributed by atoms with Crippen molar-refractivity contribution < 1.29 is 23.6 Å². The summed E-state index contributed by atoms with van der Waals surface area (Å²) in [5.74, 6) is -0.230. The molecule has 0 radical (unpaired) electrons. The van der Waals surface area contributed by atoms with E-state index < -0.39 is 35.5 Å². The minimum Gasteiger partial charge on any atom is -0.369 e. The number of terminal acetylenes is 1. The zero-order valence-electron chi connectivity index (χ0n) is 15.0. The average molecular weight is 383 g/mol. The number of anilines is 1. The van der Waals surface area contributed by atoms with Gasteiger partial charge in [-0.05, 0) is 31.4 Å². The number of halogens is 1. The van der Waals surface area contributed by atoms with E-state index in [9.17, 15) is 23.6 Å². The van der Waals surface area contributed by atoms with Crippen LogP contribution in [-0.2, 0) is 9.59 Å². The fraction of sp³-hybridized carbons (Fsp3) is 0.400. The number of nitrogens with one attached hydrogen (secondary N) is 1. The van der Waals surface area contributed by atoms with Gasteiger partial charge in [-0.1, -0.05) is 0 Å². The van der Waals surface area contributed by atoms with Crippen molar-refractivity contribution in [2.45, 2.75) is 31.7 Å². The van der Waals surface area contributed by atoms with Gasteiger partial charge >= 0.3 is 0 Å². The summed E-state index contributed by atoms with van der Waals surface area (Å²) < 4.78 is 14.7. The normalized spacial score (nSPS) is 22.9. The number of carbonyl (C=O) groups is 4. The zero-order chi connectivity index (χ0) is 20.0. The lowest BCUT2D eigenvalue weighted by Crippen LogP contribution is -2.54. The molecule has 3 heterocycles. The number of hydrogen-bond acceptors (Lipinski definition) is 5. The van der Waals surface area contributed by atoms with Gasteiger partial charge in [0.25, 0.3) is 11.8 Å². The molecule has 4 amide bonds. The third kappa shape index (κ3) is 2.83. The second-order valence-corrected chi connectivity index (χ2v) is 7.22. The lowest BCUT2D eigenvalue weighted by Gasteiger charge is -2.32. The molecule has 0 spiro atoms. The predicted molar refractivity (Wildman–Crippen MR) is 96.8 cm³/mol. The summed E-state index contributed by atoms with van der Waals surface area (Å²) in [7, 11) is 0. The van der Waals surface area contributed by atoms with Crippen LogP contribution < -0.4 is 10.2 Å². The monoisotopic (exact) mass is 383 g/mol. The molecule has 4 rings (SSSR count). The van der Waals surface area contributed by atoms with Crippen LogP contribution in [0.4, 0.5) is 10.1 Å². The van der Waals surface area contributed by atoms with Crippen LogP contribution in [-0.4, -0.2) is 47.7 Å². The molecule has 0 saturated carbocycles. The van der Waals surface area contributed by atoms with Gasteiger partial charge in [-0.2, -0.15) is 0 Å². The van der Waals surface area contributed by atoms with E-state index in [1.807, 2.05) is 4.90 Å². The fourth-order valence-electron chi connectivity index (χ4n) is 4.01. The highest BCUT2D eigenvalue weighted by Crippen LogP contribution is 2.34. The van der Waals surface area contributed by atoms with Crippen molar-refractivity contribution in [2.24, 2.45) is 5.92 Å². The van der Waals surface area contributed by atoms with Crippen molar-refractivity contribution >= 4 is 29.3 Å². The molecule has 8 heteroatoms. The van der Waals surface area contributed by atoms with Gasteiger partial charge in [0.2, 0.25) is 11.8 Å². The number of carbonyl (C=O) groups excluding carboxylic acids is 4. The Balaban J connectivity index is 1.63. The van der Waals surface area contributed by atoms with Gasteiger partial charge in [0, 0.05) is 25.4 Å². The Bertz CT molecular complexity index is 944. The zero-order valence-corrected chi connectivity index (χ0v) is 15.0. The van der Waals surface area contributed by atoms with Gasteiger partial charge in [0.05, 0.1) is 16.8 Å². The molecule has 28 heavy (non-hydrogen) atoms. The molecule has 0 aromatic heterocycles. The molecule has 0 bridgehead atoms. The molecule has 7 nitrogen and oxygen atoms in total. The van der Waals surface area contributed by atoms with Crippen LogP contribution in [0.15, 0.2) is 12.1 Å². The topological polar surface area (TPSA) is 86.8 Å². The minimum absolute atomic E-state index is 0.0353. The maximum Gasteiger partial charge on any atom is 0.262 e. The summed E-state index contributed by atoms with van der Waals surface area (Å²) in [5.41, 5.74) is 0.264. The summed E-state index contributed by atoms with van der Waals surface area (Å²) in [6, 6.07) is 1.37. The van der Waals surface area contributed by atoms with E-state index in [4.69, 9.17) is 6.42 Å². The molecule has 1 aromatic rings. The maximum atomic E-state index is 14.7. The first kappa shape index (κ1) is 18.2. The van der Waals surface area contributed by atoms with Crippen LogP contribution in [0.1, 0.15) is 46.4 Å². The van der Waals surface area contributed by atoms with Crippen LogP contribution in [0.25, 0.3) is 0 Å². The number of fused-ring (bicyclic) bond motifs is 1. The minimum atomic E-state index is -1.07. The molecule has 1 unspecified atom stereocenters. The van der Waals surface area contributed by atoms with Crippen molar-refractivity contribution in [1.82, 2.24) is 10.2 Å². The molecule has 1 aromatic carbocycles. The van der Waals surface area contributed by atoms with E-state index in [1.54, 1.807) is 0 Å². The first-order chi connectivity index (χ1) is 13.4. The van der Waals surface area contributed by atoms with E-state index in [0.717, 1.165) is 23.8 Å². The number of nitrogens with zero attached hydrogens (tertiary/aromatic N) is 2. The molecule has 3 aliphatic heterocycles. The van der Waals surface area contributed by atoms with Gasteiger partial charge in [0.1, 0.15) is 11.9 Å². The van der Waals surface area contributed by atoms with E-state index in [2.05, 4.69) is 11.2 Å². The van der Waals surface area contributed by atoms with Crippen LogP contribution in [0.5, 0.6) is 0 Å². The Hall–Kier alpha value is -3.21. The lowest BCUT2D eigenvalue weighted by molar-refractivity contribution is -0.136. The smallest absolute Gasteiger partial charge is 0.262 e. The number of rotatable bonds is 2. The highest BCUT2D eigenvalue weighted by Gasteiger charge is 2.45. The number of hydrogen-bond donors (Lipinski definition) is 1. The largest absolute Gasteiger partial charge is 0.369 e. The van der Waals surface area contributed by atoms with Crippen molar-refractivity contribution in [3.05, 3.63) is 29.1 Å². The van der Waals surface area contributed by atoms with Crippen molar-refractivity contribution in [1.29, 1.82) is 0 Å². The molecule has 3 aliphatic rings. The third-order valence-electron chi connectivity index (χ3n) is 5.58. The van der Waals surface area contributed by atoms with Crippen LogP contribution in [0.3, 0.4) is 0 Å². The molecule has 2 saturated heterocycles. The Kier molecular flexibility index (Phi) is 4.38. The molecule has 0 aliphatic carbocycles. The average Bonchev–Trinajstić information content (AvgIpc) is 2.91. The third-order valence-corrected chi connectivity index (χ3v) is 5.58. The first-order valence-corrected chi connectivity index (χ1v) is 9.17. The highest BCUT2D eigenvalue weighted by atomic mass is 19.1. The Morgan fingerprint density at radius 3 is 2.29 bits per heavy atom. The summed E-state index contributed by atoms with van der Waals surface area (Å²) >= 11 is 0. The van der Waals surface area contributed by atoms with E-state index in [0.29, 0.717) is 13.1 Å². The molecule has 2 fully saturated rings. The Morgan fingerprint density at radius 2 is 1.68 bits per heavy atom.